The van der Waals surface area contributed by atoms with Gasteiger partial charge in [-0.3, -0.25) is 4.79 Å². The van der Waals surface area contributed by atoms with E-state index in [0.717, 1.165) is 0 Å². The summed E-state index contributed by atoms with van der Waals surface area (Å²) in [5.74, 6) is 0.183. The second-order valence-electron chi connectivity index (χ2n) is 5.97. The fourth-order valence-electron chi connectivity index (χ4n) is 2.48. The van der Waals surface area contributed by atoms with Gasteiger partial charge in [-0.05, 0) is 36.8 Å². The second-order valence-corrected chi connectivity index (χ2v) is 8.18. The van der Waals surface area contributed by atoms with Crippen LogP contribution in [0.15, 0.2) is 49.1 Å². The number of sulfonamides is 1. The molecule has 0 bridgehead atoms. The lowest BCUT2D eigenvalue weighted by atomic mass is 10.1. The quantitative estimate of drug-likeness (QED) is 0.553. The first-order valence-corrected chi connectivity index (χ1v) is 10.8. The number of rotatable bonds is 10. The van der Waals surface area contributed by atoms with Crippen molar-refractivity contribution in [3.8, 4) is 11.5 Å². The molecule has 0 aliphatic rings. The highest BCUT2D eigenvalue weighted by Gasteiger charge is 2.16. The van der Waals surface area contributed by atoms with Crippen LogP contribution in [0.2, 0.25) is 5.02 Å². The van der Waals surface area contributed by atoms with Gasteiger partial charge in [0.25, 0.3) is 5.91 Å². The maximum Gasteiger partial charge on any atom is 0.255 e. The van der Waals surface area contributed by atoms with Crippen molar-refractivity contribution in [2.75, 3.05) is 25.6 Å². The van der Waals surface area contributed by atoms with E-state index >= 15 is 0 Å². The van der Waals surface area contributed by atoms with Crippen molar-refractivity contribution in [3.63, 3.8) is 0 Å². The molecule has 0 aliphatic carbocycles. The van der Waals surface area contributed by atoms with Crippen LogP contribution in [0.3, 0.4) is 0 Å². The van der Waals surface area contributed by atoms with Crippen LogP contribution in [-0.4, -0.2) is 34.6 Å². The van der Waals surface area contributed by atoms with Crippen LogP contribution in [0.5, 0.6) is 11.5 Å². The van der Waals surface area contributed by atoms with Crippen LogP contribution in [0.1, 0.15) is 22.8 Å². The van der Waals surface area contributed by atoms with Gasteiger partial charge in [-0.2, -0.15) is 0 Å². The fourth-order valence-corrected chi connectivity index (χ4v) is 3.85. The highest BCUT2D eigenvalue weighted by molar-refractivity contribution is 7.88. The zero-order valence-corrected chi connectivity index (χ0v) is 17.8. The highest BCUT2D eigenvalue weighted by Crippen LogP contribution is 2.36. The lowest BCUT2D eigenvalue weighted by Crippen LogP contribution is -2.25. The van der Waals surface area contributed by atoms with Gasteiger partial charge in [0, 0.05) is 17.8 Å². The molecule has 0 unspecified atom stereocenters. The van der Waals surface area contributed by atoms with E-state index in [-0.39, 0.29) is 23.2 Å². The number of methoxy groups -OCH3 is 1. The van der Waals surface area contributed by atoms with Crippen LogP contribution in [0.25, 0.3) is 0 Å². The lowest BCUT2D eigenvalue weighted by molar-refractivity contribution is 0.102. The van der Waals surface area contributed by atoms with Gasteiger partial charge >= 0.3 is 0 Å². The third kappa shape index (κ3) is 6.49. The summed E-state index contributed by atoms with van der Waals surface area (Å²) in [5.41, 5.74) is 1.40. The van der Waals surface area contributed by atoms with Gasteiger partial charge < -0.3 is 14.8 Å². The number of anilines is 1. The van der Waals surface area contributed by atoms with Gasteiger partial charge in [-0.15, -0.1) is 6.58 Å². The van der Waals surface area contributed by atoms with Crippen LogP contribution in [0.4, 0.5) is 5.69 Å². The van der Waals surface area contributed by atoms with Crippen LogP contribution in [0, 0.1) is 0 Å². The fraction of sp³-hybridized carbons (Fsp3) is 0.250. The lowest BCUT2D eigenvalue weighted by Gasteiger charge is -2.13. The molecule has 2 rings (SSSR count). The molecule has 2 aromatic carbocycles. The minimum absolute atomic E-state index is 0.166. The van der Waals surface area contributed by atoms with E-state index in [1.807, 2.05) is 6.92 Å². The minimum atomic E-state index is -3.45. The predicted octanol–water partition coefficient (Wildman–Crippen LogP) is 3.61. The summed E-state index contributed by atoms with van der Waals surface area (Å²) in [4.78, 5) is 12.6. The average Bonchev–Trinajstić information content (AvgIpc) is 2.69. The Morgan fingerprint density at radius 3 is 2.52 bits per heavy atom. The first-order valence-electron chi connectivity index (χ1n) is 8.78. The average molecular weight is 439 g/mol. The van der Waals surface area contributed by atoms with E-state index < -0.39 is 10.0 Å². The molecule has 0 radical (unpaired) electrons. The smallest absolute Gasteiger partial charge is 0.255 e. The van der Waals surface area contributed by atoms with E-state index in [2.05, 4.69) is 16.6 Å². The van der Waals surface area contributed by atoms with Crippen molar-refractivity contribution in [2.24, 2.45) is 0 Å². The molecular weight excluding hydrogens is 416 g/mol. The van der Waals surface area contributed by atoms with E-state index in [9.17, 15) is 13.2 Å². The van der Waals surface area contributed by atoms with Gasteiger partial charge in [0.05, 0.1) is 24.5 Å². The number of carbonyl (C=O) groups is 1. The molecule has 1 amide bonds. The Bertz CT molecular complexity index is 975. The molecule has 0 saturated heterocycles. The van der Waals surface area contributed by atoms with Crippen LogP contribution >= 0.6 is 11.6 Å². The van der Waals surface area contributed by atoms with Crippen molar-refractivity contribution in [1.82, 2.24) is 4.72 Å². The van der Waals surface area contributed by atoms with Crippen molar-refractivity contribution < 1.29 is 22.7 Å². The molecule has 2 aromatic rings. The number of carbonyl (C=O) groups excluding carboxylic acids is 1. The first-order chi connectivity index (χ1) is 13.8. The normalized spacial score (nSPS) is 11.0. The number of hydrogen-bond acceptors (Lipinski definition) is 5. The largest absolute Gasteiger partial charge is 0.493 e. The summed E-state index contributed by atoms with van der Waals surface area (Å²) in [5, 5.41) is 3.01. The summed E-state index contributed by atoms with van der Waals surface area (Å²) in [6, 6.07) is 9.56. The maximum atomic E-state index is 12.6. The van der Waals surface area contributed by atoms with Gasteiger partial charge in [-0.25, -0.2) is 13.1 Å². The standard InChI is InChI=1S/C20H23ClN2O5S/c1-4-10-22-29(25,26)13-14-6-8-16(9-7-14)23-20(24)15-11-17(21)19(28-5-2)18(12-15)27-3/h4,6-9,11-12,22H,1,5,10,13H2,2-3H3,(H,23,24). The number of halogens is 1. The predicted molar refractivity (Wildman–Crippen MR) is 114 cm³/mol. The maximum absolute atomic E-state index is 12.6. The van der Waals surface area contributed by atoms with Gasteiger partial charge in [0.15, 0.2) is 11.5 Å². The monoisotopic (exact) mass is 438 g/mol. The Hall–Kier alpha value is -2.55. The molecule has 29 heavy (non-hydrogen) atoms. The second kappa shape index (κ2) is 10.3. The molecule has 0 spiro atoms. The van der Waals surface area contributed by atoms with Gasteiger partial charge in [-0.1, -0.05) is 29.8 Å². The molecule has 0 atom stereocenters. The topological polar surface area (TPSA) is 93.7 Å². The number of nitrogens with one attached hydrogen (secondary N) is 2. The summed E-state index contributed by atoms with van der Waals surface area (Å²) < 4.78 is 36.9. The summed E-state index contributed by atoms with van der Waals surface area (Å²) in [7, 11) is -1.98. The van der Waals surface area contributed by atoms with E-state index in [4.69, 9.17) is 21.1 Å². The van der Waals surface area contributed by atoms with Crippen molar-refractivity contribution >= 4 is 33.2 Å². The molecule has 0 saturated carbocycles. The molecule has 0 fully saturated rings. The van der Waals surface area contributed by atoms with Crippen molar-refractivity contribution in [3.05, 3.63) is 65.2 Å². The number of amides is 1. The van der Waals surface area contributed by atoms with Crippen molar-refractivity contribution in [2.45, 2.75) is 12.7 Å². The summed E-state index contributed by atoms with van der Waals surface area (Å²) in [6.45, 7) is 5.88. The molecule has 7 nitrogen and oxygen atoms in total. The Balaban J connectivity index is 2.11. The first kappa shape index (κ1) is 22.7. The Labute approximate surface area is 175 Å². The molecule has 2 N–H and O–H groups in total. The molecule has 0 aromatic heterocycles. The Morgan fingerprint density at radius 2 is 1.93 bits per heavy atom. The van der Waals surface area contributed by atoms with E-state index in [1.165, 1.54) is 19.3 Å². The molecule has 9 heteroatoms. The molecule has 0 aliphatic heterocycles. The number of ether oxygens (including phenoxy) is 2. The molecular formula is C20H23ClN2O5S. The SMILES string of the molecule is C=CCNS(=O)(=O)Cc1ccc(NC(=O)c2cc(Cl)c(OCC)c(OC)c2)cc1. The van der Waals surface area contributed by atoms with Crippen molar-refractivity contribution in [1.29, 1.82) is 0 Å². The minimum Gasteiger partial charge on any atom is -0.493 e. The summed E-state index contributed by atoms with van der Waals surface area (Å²) in [6.07, 6.45) is 1.47. The zero-order chi connectivity index (χ0) is 21.4. The Kier molecular flexibility index (Phi) is 8.07. The van der Waals surface area contributed by atoms with Crippen LogP contribution in [-0.2, 0) is 15.8 Å². The van der Waals surface area contributed by atoms with E-state index in [0.29, 0.717) is 34.9 Å². The van der Waals surface area contributed by atoms with Gasteiger partial charge in [0.2, 0.25) is 10.0 Å². The molecule has 156 valence electrons. The van der Waals surface area contributed by atoms with Crippen LogP contribution < -0.4 is 19.5 Å². The summed E-state index contributed by atoms with van der Waals surface area (Å²) >= 11 is 6.20. The number of hydrogen-bond donors (Lipinski definition) is 2. The zero-order valence-electron chi connectivity index (χ0n) is 16.2. The third-order valence-electron chi connectivity index (χ3n) is 3.80. The number of benzene rings is 2. The van der Waals surface area contributed by atoms with E-state index in [1.54, 1.807) is 30.3 Å². The van der Waals surface area contributed by atoms with Gasteiger partial charge in [0.1, 0.15) is 0 Å². The Morgan fingerprint density at radius 1 is 1.24 bits per heavy atom. The molecule has 0 heterocycles. The highest BCUT2D eigenvalue weighted by atomic mass is 35.5. The third-order valence-corrected chi connectivity index (χ3v) is 5.40.